The Morgan fingerprint density at radius 1 is 1.27 bits per heavy atom. The molecule has 0 saturated carbocycles. The van der Waals surface area contributed by atoms with Crippen LogP contribution >= 0.6 is 0 Å². The lowest BCUT2D eigenvalue weighted by atomic mass is 10.1. The lowest BCUT2D eigenvalue weighted by molar-refractivity contribution is 0.409. The van der Waals surface area contributed by atoms with Gasteiger partial charge in [-0.1, -0.05) is 19.1 Å². The van der Waals surface area contributed by atoms with Gasteiger partial charge in [-0.2, -0.15) is 0 Å². The van der Waals surface area contributed by atoms with Crippen LogP contribution < -0.4 is 5.32 Å². The van der Waals surface area contributed by atoms with Crippen molar-refractivity contribution in [2.45, 2.75) is 39.2 Å². The summed E-state index contributed by atoms with van der Waals surface area (Å²) in [6.45, 7) is 5.88. The minimum atomic E-state index is -3.08. The van der Waals surface area contributed by atoms with E-state index in [0.717, 1.165) is 25.8 Å². The molecule has 0 aromatic heterocycles. The molecule has 1 atom stereocenters. The molecule has 0 fully saturated rings. The minimum Gasteiger partial charge on any atom is -0.508 e. The molecule has 0 aliphatic carbocycles. The normalized spacial score (nSPS) is 13.5. The number of rotatable bonds is 10. The number of nitrogens with zero attached hydrogens (tertiary/aromatic N) is 1. The first-order chi connectivity index (χ1) is 10.3. The molecule has 0 aliphatic heterocycles. The molecule has 1 rings (SSSR count). The Bertz CT molecular complexity index is 529. The van der Waals surface area contributed by atoms with Crippen LogP contribution in [0, 0.1) is 0 Å². The van der Waals surface area contributed by atoms with Crippen molar-refractivity contribution >= 4 is 10.0 Å². The highest BCUT2D eigenvalue weighted by Crippen LogP contribution is 2.11. The maximum absolute atomic E-state index is 11.5. The molecule has 1 unspecified atom stereocenters. The number of nitrogens with one attached hydrogen (secondary N) is 1. The molecule has 0 radical (unpaired) electrons. The first-order valence-corrected chi connectivity index (χ1v) is 9.64. The van der Waals surface area contributed by atoms with Gasteiger partial charge >= 0.3 is 0 Å². The Morgan fingerprint density at radius 3 is 2.45 bits per heavy atom. The zero-order valence-corrected chi connectivity index (χ0v) is 14.6. The first kappa shape index (κ1) is 18.9. The number of hydrogen-bond donors (Lipinski definition) is 2. The van der Waals surface area contributed by atoms with Crippen LogP contribution in [-0.4, -0.2) is 49.8 Å². The standard InChI is InChI=1S/C16H28N2O3S/c1-4-18(22(3,20)21)13-5-12-17-14(2)6-7-15-8-10-16(19)11-9-15/h8-11,14,17,19H,4-7,12-13H2,1-3H3. The third-order valence-electron chi connectivity index (χ3n) is 3.70. The summed E-state index contributed by atoms with van der Waals surface area (Å²) in [6, 6.07) is 7.67. The van der Waals surface area contributed by atoms with Gasteiger partial charge in [-0.3, -0.25) is 0 Å². The van der Waals surface area contributed by atoms with Crippen LogP contribution in [0.2, 0.25) is 0 Å². The van der Waals surface area contributed by atoms with Crippen molar-refractivity contribution in [1.29, 1.82) is 0 Å². The summed E-state index contributed by atoms with van der Waals surface area (Å²) in [5.41, 5.74) is 1.21. The molecular weight excluding hydrogens is 300 g/mol. The summed E-state index contributed by atoms with van der Waals surface area (Å²) >= 11 is 0. The fourth-order valence-electron chi connectivity index (χ4n) is 2.31. The molecule has 0 bridgehead atoms. The molecule has 1 aromatic rings. The van der Waals surface area contributed by atoms with E-state index in [1.54, 1.807) is 12.1 Å². The maximum Gasteiger partial charge on any atom is 0.211 e. The molecule has 0 saturated heterocycles. The number of sulfonamides is 1. The van der Waals surface area contributed by atoms with Crippen molar-refractivity contribution in [2.24, 2.45) is 0 Å². The molecule has 2 N–H and O–H groups in total. The van der Waals surface area contributed by atoms with Gasteiger partial charge in [0.1, 0.15) is 5.75 Å². The van der Waals surface area contributed by atoms with E-state index in [4.69, 9.17) is 0 Å². The Hall–Kier alpha value is -1.11. The summed E-state index contributed by atoms with van der Waals surface area (Å²) < 4.78 is 24.4. The first-order valence-electron chi connectivity index (χ1n) is 7.79. The van der Waals surface area contributed by atoms with E-state index in [9.17, 15) is 13.5 Å². The number of phenols is 1. The summed E-state index contributed by atoms with van der Waals surface area (Å²) in [5, 5.41) is 12.7. The molecule has 126 valence electrons. The lowest BCUT2D eigenvalue weighted by Crippen LogP contribution is -2.34. The highest BCUT2D eigenvalue weighted by atomic mass is 32.2. The number of aryl methyl sites for hydroxylation is 1. The average molecular weight is 328 g/mol. The highest BCUT2D eigenvalue weighted by molar-refractivity contribution is 7.88. The molecule has 0 aliphatic rings. The topological polar surface area (TPSA) is 69.6 Å². The van der Waals surface area contributed by atoms with E-state index in [0.29, 0.717) is 24.9 Å². The van der Waals surface area contributed by atoms with Crippen molar-refractivity contribution in [3.8, 4) is 5.75 Å². The summed E-state index contributed by atoms with van der Waals surface area (Å²) in [6.07, 6.45) is 4.03. The number of phenolic OH excluding ortho intramolecular Hbond substituents is 1. The molecule has 0 heterocycles. The van der Waals surface area contributed by atoms with Crippen LogP contribution in [0.5, 0.6) is 5.75 Å². The Balaban J connectivity index is 2.20. The van der Waals surface area contributed by atoms with Crippen LogP contribution in [0.15, 0.2) is 24.3 Å². The van der Waals surface area contributed by atoms with Gasteiger partial charge in [-0.05, 0) is 50.4 Å². The molecular formula is C16H28N2O3S. The number of hydrogen-bond acceptors (Lipinski definition) is 4. The smallest absolute Gasteiger partial charge is 0.211 e. The predicted molar refractivity (Wildman–Crippen MR) is 90.6 cm³/mol. The van der Waals surface area contributed by atoms with Crippen molar-refractivity contribution in [3.05, 3.63) is 29.8 Å². The minimum absolute atomic E-state index is 0.293. The molecule has 1 aromatic carbocycles. The lowest BCUT2D eigenvalue weighted by Gasteiger charge is -2.19. The average Bonchev–Trinajstić information content (AvgIpc) is 2.45. The fourth-order valence-corrected chi connectivity index (χ4v) is 3.24. The van der Waals surface area contributed by atoms with Gasteiger partial charge in [0.15, 0.2) is 0 Å². The summed E-state index contributed by atoms with van der Waals surface area (Å²) in [5.74, 6) is 0.293. The van der Waals surface area contributed by atoms with Crippen LogP contribution in [0.25, 0.3) is 0 Å². The molecule has 0 amide bonds. The van der Waals surface area contributed by atoms with Crippen LogP contribution in [0.1, 0.15) is 32.3 Å². The summed E-state index contributed by atoms with van der Waals surface area (Å²) in [4.78, 5) is 0. The second-order valence-corrected chi connectivity index (χ2v) is 7.65. The van der Waals surface area contributed by atoms with Gasteiger partial charge in [0, 0.05) is 19.1 Å². The Morgan fingerprint density at radius 2 is 1.91 bits per heavy atom. The van der Waals surface area contributed by atoms with Gasteiger partial charge in [0.25, 0.3) is 0 Å². The molecule has 6 heteroatoms. The van der Waals surface area contributed by atoms with Crippen molar-refractivity contribution < 1.29 is 13.5 Å². The maximum atomic E-state index is 11.5. The SMILES string of the molecule is CCN(CCCNC(C)CCc1ccc(O)cc1)S(C)(=O)=O. The number of benzene rings is 1. The zero-order chi connectivity index (χ0) is 16.6. The van der Waals surface area contributed by atoms with E-state index in [2.05, 4.69) is 12.2 Å². The van der Waals surface area contributed by atoms with Crippen LogP contribution in [-0.2, 0) is 16.4 Å². The van der Waals surface area contributed by atoms with E-state index in [1.165, 1.54) is 16.1 Å². The van der Waals surface area contributed by atoms with Crippen molar-refractivity contribution in [1.82, 2.24) is 9.62 Å². The number of aromatic hydroxyl groups is 1. The van der Waals surface area contributed by atoms with Crippen molar-refractivity contribution in [2.75, 3.05) is 25.9 Å². The van der Waals surface area contributed by atoms with Crippen LogP contribution in [0.3, 0.4) is 0 Å². The van der Waals surface area contributed by atoms with E-state index >= 15 is 0 Å². The monoisotopic (exact) mass is 328 g/mol. The van der Waals surface area contributed by atoms with E-state index in [1.807, 2.05) is 19.1 Å². The third-order valence-corrected chi connectivity index (χ3v) is 5.08. The molecule has 0 spiro atoms. The van der Waals surface area contributed by atoms with Crippen molar-refractivity contribution in [3.63, 3.8) is 0 Å². The second kappa shape index (κ2) is 9.12. The molecule has 22 heavy (non-hydrogen) atoms. The van der Waals surface area contributed by atoms with Gasteiger partial charge in [-0.25, -0.2) is 12.7 Å². The highest BCUT2D eigenvalue weighted by Gasteiger charge is 2.13. The van der Waals surface area contributed by atoms with Gasteiger partial charge in [-0.15, -0.1) is 0 Å². The van der Waals surface area contributed by atoms with Gasteiger partial charge in [0.05, 0.1) is 6.26 Å². The molecule has 5 nitrogen and oxygen atoms in total. The van der Waals surface area contributed by atoms with Gasteiger partial charge in [0.2, 0.25) is 10.0 Å². The third kappa shape index (κ3) is 7.24. The predicted octanol–water partition coefficient (Wildman–Crippen LogP) is 1.97. The zero-order valence-electron chi connectivity index (χ0n) is 13.7. The van der Waals surface area contributed by atoms with Crippen LogP contribution in [0.4, 0.5) is 0 Å². The van der Waals surface area contributed by atoms with E-state index < -0.39 is 10.0 Å². The fraction of sp³-hybridized carbons (Fsp3) is 0.625. The second-order valence-electron chi connectivity index (χ2n) is 5.67. The van der Waals surface area contributed by atoms with Gasteiger partial charge < -0.3 is 10.4 Å². The largest absolute Gasteiger partial charge is 0.508 e. The van der Waals surface area contributed by atoms with E-state index in [-0.39, 0.29) is 0 Å². The Labute approximate surface area is 134 Å². The summed E-state index contributed by atoms with van der Waals surface area (Å²) in [7, 11) is -3.08. The Kier molecular flexibility index (Phi) is 7.85. The quantitative estimate of drug-likeness (QED) is 0.644.